The Morgan fingerprint density at radius 2 is 2.12 bits per heavy atom. The van der Waals surface area contributed by atoms with Crippen molar-refractivity contribution in [2.24, 2.45) is 5.92 Å². The Hall–Kier alpha value is -1.02. The van der Waals surface area contributed by atoms with Gasteiger partial charge in [-0.15, -0.1) is 0 Å². The van der Waals surface area contributed by atoms with Gasteiger partial charge in [0.05, 0.1) is 0 Å². The van der Waals surface area contributed by atoms with Crippen molar-refractivity contribution in [2.45, 2.75) is 38.2 Å². The maximum Gasteiger partial charge on any atom is 0.123 e. The highest BCUT2D eigenvalue weighted by Gasteiger charge is 2.22. The first-order valence-electron chi connectivity index (χ1n) is 6.87. The summed E-state index contributed by atoms with van der Waals surface area (Å²) in [7, 11) is 0. The maximum absolute atomic E-state index is 5.89. The second-order valence-electron chi connectivity index (χ2n) is 5.34. The minimum atomic E-state index is 0.341. The van der Waals surface area contributed by atoms with Crippen LogP contribution in [0.1, 0.15) is 31.2 Å². The van der Waals surface area contributed by atoms with Crippen molar-refractivity contribution in [1.82, 2.24) is 5.32 Å². The fourth-order valence-electron chi connectivity index (χ4n) is 2.72. The lowest BCUT2D eigenvalue weighted by atomic mass is 9.83. The number of benzene rings is 1. The molecule has 2 heteroatoms. The van der Waals surface area contributed by atoms with E-state index in [1.54, 1.807) is 0 Å². The summed E-state index contributed by atoms with van der Waals surface area (Å²) in [5, 5.41) is 3.54. The van der Waals surface area contributed by atoms with E-state index in [0.29, 0.717) is 6.10 Å². The van der Waals surface area contributed by atoms with Gasteiger partial charge in [-0.2, -0.15) is 0 Å². The molecule has 1 unspecified atom stereocenters. The Morgan fingerprint density at radius 3 is 2.88 bits per heavy atom. The van der Waals surface area contributed by atoms with Crippen LogP contribution in [0.2, 0.25) is 0 Å². The number of para-hydroxylation sites is 1. The topological polar surface area (TPSA) is 21.3 Å². The fourth-order valence-corrected chi connectivity index (χ4v) is 2.72. The van der Waals surface area contributed by atoms with Crippen molar-refractivity contribution in [1.29, 1.82) is 0 Å². The molecule has 2 aliphatic rings. The van der Waals surface area contributed by atoms with Gasteiger partial charge in [0.2, 0.25) is 0 Å². The van der Waals surface area contributed by atoms with Gasteiger partial charge in [0.15, 0.2) is 0 Å². The van der Waals surface area contributed by atoms with Gasteiger partial charge in [-0.05, 0) is 30.5 Å². The predicted molar refractivity (Wildman–Crippen MR) is 69.4 cm³/mol. The molecule has 1 saturated carbocycles. The molecule has 1 aliphatic carbocycles. The lowest BCUT2D eigenvalue weighted by Gasteiger charge is -2.25. The normalized spacial score (nSPS) is 22.9. The van der Waals surface area contributed by atoms with Gasteiger partial charge in [0.25, 0.3) is 0 Å². The van der Waals surface area contributed by atoms with Crippen LogP contribution in [0.4, 0.5) is 0 Å². The molecule has 1 aromatic carbocycles. The molecule has 1 atom stereocenters. The maximum atomic E-state index is 5.89. The van der Waals surface area contributed by atoms with E-state index in [-0.39, 0.29) is 0 Å². The summed E-state index contributed by atoms with van der Waals surface area (Å²) >= 11 is 0. The summed E-state index contributed by atoms with van der Waals surface area (Å²) in [5.74, 6) is 2.09. The van der Waals surface area contributed by atoms with E-state index in [9.17, 15) is 0 Å². The highest BCUT2D eigenvalue weighted by molar-refractivity contribution is 5.37. The molecule has 0 bridgehead atoms. The van der Waals surface area contributed by atoms with Crippen molar-refractivity contribution >= 4 is 0 Å². The Morgan fingerprint density at radius 1 is 1.24 bits per heavy atom. The van der Waals surface area contributed by atoms with Crippen LogP contribution in [0.3, 0.4) is 0 Å². The van der Waals surface area contributed by atoms with E-state index in [1.807, 2.05) is 6.07 Å². The summed E-state index contributed by atoms with van der Waals surface area (Å²) in [5.41, 5.74) is 1.36. The van der Waals surface area contributed by atoms with E-state index < -0.39 is 0 Å². The summed E-state index contributed by atoms with van der Waals surface area (Å²) in [6.07, 6.45) is 7.10. The first-order chi connectivity index (χ1) is 8.42. The van der Waals surface area contributed by atoms with E-state index in [4.69, 9.17) is 4.74 Å². The van der Waals surface area contributed by atoms with Gasteiger partial charge >= 0.3 is 0 Å². The van der Waals surface area contributed by atoms with E-state index >= 15 is 0 Å². The predicted octanol–water partition coefficient (Wildman–Crippen LogP) is 2.77. The molecular formula is C15H21NO. The molecule has 3 rings (SSSR count). The van der Waals surface area contributed by atoms with Crippen LogP contribution < -0.4 is 10.1 Å². The van der Waals surface area contributed by atoms with Crippen LogP contribution >= 0.6 is 0 Å². The molecule has 1 aliphatic heterocycles. The number of rotatable bonds is 5. The second-order valence-corrected chi connectivity index (χ2v) is 5.34. The zero-order chi connectivity index (χ0) is 11.5. The Labute approximate surface area is 103 Å². The Bertz CT molecular complexity index is 348. The van der Waals surface area contributed by atoms with Crippen molar-refractivity contribution < 1.29 is 4.74 Å². The van der Waals surface area contributed by atoms with Crippen LogP contribution in [0.15, 0.2) is 24.3 Å². The third kappa shape index (κ3) is 2.63. The molecule has 0 radical (unpaired) electrons. The van der Waals surface area contributed by atoms with E-state index in [2.05, 4.69) is 23.5 Å². The Kier molecular flexibility index (Phi) is 3.32. The molecule has 0 spiro atoms. The highest BCUT2D eigenvalue weighted by Crippen LogP contribution is 2.29. The first-order valence-corrected chi connectivity index (χ1v) is 6.87. The zero-order valence-electron chi connectivity index (χ0n) is 10.3. The van der Waals surface area contributed by atoms with E-state index in [0.717, 1.165) is 31.2 Å². The molecule has 1 fully saturated rings. The minimum absolute atomic E-state index is 0.341. The molecule has 1 N–H and O–H groups in total. The Balaban J connectivity index is 1.37. The SMILES string of the molecule is c1ccc2c(c1)CC(CNCCC1CCC1)O2. The third-order valence-electron chi connectivity index (χ3n) is 4.04. The lowest BCUT2D eigenvalue weighted by molar-refractivity contribution is 0.222. The number of fused-ring (bicyclic) bond motifs is 1. The summed E-state index contributed by atoms with van der Waals surface area (Å²) in [6.45, 7) is 2.14. The fraction of sp³-hybridized carbons (Fsp3) is 0.600. The molecule has 92 valence electrons. The molecule has 1 aromatic rings. The van der Waals surface area contributed by atoms with Crippen LogP contribution in [-0.2, 0) is 6.42 Å². The van der Waals surface area contributed by atoms with Gasteiger partial charge in [-0.3, -0.25) is 0 Å². The van der Waals surface area contributed by atoms with Crippen molar-refractivity contribution in [3.05, 3.63) is 29.8 Å². The average molecular weight is 231 g/mol. The molecule has 2 nitrogen and oxygen atoms in total. The second kappa shape index (κ2) is 5.09. The monoisotopic (exact) mass is 231 g/mol. The van der Waals surface area contributed by atoms with Crippen LogP contribution in [-0.4, -0.2) is 19.2 Å². The number of ether oxygens (including phenoxy) is 1. The lowest BCUT2D eigenvalue weighted by Crippen LogP contribution is -2.32. The third-order valence-corrected chi connectivity index (χ3v) is 4.04. The molecular weight excluding hydrogens is 210 g/mol. The molecule has 0 aromatic heterocycles. The van der Waals surface area contributed by atoms with Gasteiger partial charge < -0.3 is 10.1 Å². The van der Waals surface area contributed by atoms with Gasteiger partial charge in [-0.25, -0.2) is 0 Å². The van der Waals surface area contributed by atoms with E-state index in [1.165, 1.54) is 31.2 Å². The quantitative estimate of drug-likeness (QED) is 0.787. The minimum Gasteiger partial charge on any atom is -0.488 e. The van der Waals surface area contributed by atoms with Gasteiger partial charge in [-0.1, -0.05) is 37.5 Å². The largest absolute Gasteiger partial charge is 0.488 e. The van der Waals surface area contributed by atoms with Crippen LogP contribution in [0.5, 0.6) is 5.75 Å². The summed E-state index contributed by atoms with van der Waals surface area (Å²) < 4.78 is 5.89. The summed E-state index contributed by atoms with van der Waals surface area (Å²) in [4.78, 5) is 0. The molecule has 17 heavy (non-hydrogen) atoms. The highest BCUT2D eigenvalue weighted by atomic mass is 16.5. The van der Waals surface area contributed by atoms with Gasteiger partial charge in [0, 0.05) is 13.0 Å². The summed E-state index contributed by atoms with van der Waals surface area (Å²) in [6, 6.07) is 8.38. The van der Waals surface area contributed by atoms with Gasteiger partial charge in [0.1, 0.15) is 11.9 Å². The van der Waals surface area contributed by atoms with Crippen molar-refractivity contribution in [3.63, 3.8) is 0 Å². The molecule has 0 saturated heterocycles. The first kappa shape index (κ1) is 11.1. The van der Waals surface area contributed by atoms with Crippen molar-refractivity contribution in [3.8, 4) is 5.75 Å². The molecule has 1 heterocycles. The number of hydrogen-bond acceptors (Lipinski definition) is 2. The number of hydrogen-bond donors (Lipinski definition) is 1. The smallest absolute Gasteiger partial charge is 0.123 e. The van der Waals surface area contributed by atoms with Crippen LogP contribution in [0.25, 0.3) is 0 Å². The van der Waals surface area contributed by atoms with Crippen LogP contribution in [0, 0.1) is 5.92 Å². The zero-order valence-corrected chi connectivity index (χ0v) is 10.3. The standard InChI is InChI=1S/C15H21NO/c1-2-7-15-13(6-1)10-14(17-15)11-16-9-8-12-4-3-5-12/h1-2,6-7,12,14,16H,3-5,8-11H2. The van der Waals surface area contributed by atoms with Crippen molar-refractivity contribution in [2.75, 3.05) is 13.1 Å². The molecule has 0 amide bonds. The number of nitrogens with one attached hydrogen (secondary N) is 1. The average Bonchev–Trinajstić information content (AvgIpc) is 2.68.